The van der Waals surface area contributed by atoms with Gasteiger partial charge in [0.05, 0.1) is 10.6 Å². The number of hydrogen-bond donors (Lipinski definition) is 2. The number of carbonyl (C=O) groups excluding carboxylic acids is 2. The first-order valence-electron chi connectivity index (χ1n) is 9.33. The van der Waals surface area contributed by atoms with E-state index in [1.807, 2.05) is 42.5 Å². The van der Waals surface area contributed by atoms with E-state index in [4.69, 9.17) is 16.3 Å². The third kappa shape index (κ3) is 4.82. The molecule has 0 unspecified atom stereocenters. The molecule has 0 atom stereocenters. The van der Waals surface area contributed by atoms with Crippen molar-refractivity contribution in [2.75, 3.05) is 5.32 Å². The fourth-order valence-corrected chi connectivity index (χ4v) is 3.26. The largest absolute Gasteiger partial charge is 0.457 e. The quantitative estimate of drug-likeness (QED) is 0.391. The van der Waals surface area contributed by atoms with Crippen molar-refractivity contribution in [3.05, 3.63) is 101 Å². The minimum atomic E-state index is -0.933. The average molecular weight is 435 g/mol. The Bertz CT molecular complexity index is 1260. The molecule has 0 heterocycles. The predicted molar refractivity (Wildman–Crippen MR) is 118 cm³/mol. The number of amides is 3. The maximum Gasteiger partial charge on any atom is 0.326 e. The molecule has 0 saturated heterocycles. The summed E-state index contributed by atoms with van der Waals surface area (Å²) in [6.07, 6.45) is 0. The van der Waals surface area contributed by atoms with E-state index in [9.17, 15) is 14.0 Å². The van der Waals surface area contributed by atoms with E-state index in [1.165, 1.54) is 12.1 Å². The van der Waals surface area contributed by atoms with Gasteiger partial charge in [-0.1, -0.05) is 48.0 Å². The van der Waals surface area contributed by atoms with Gasteiger partial charge >= 0.3 is 6.03 Å². The number of carbonyl (C=O) groups is 2. The van der Waals surface area contributed by atoms with Gasteiger partial charge < -0.3 is 10.1 Å². The summed E-state index contributed by atoms with van der Waals surface area (Å²) in [5, 5.41) is 6.66. The number of halogens is 2. The highest BCUT2D eigenvalue weighted by molar-refractivity contribution is 6.34. The van der Waals surface area contributed by atoms with Crippen LogP contribution < -0.4 is 15.4 Å². The summed E-state index contributed by atoms with van der Waals surface area (Å²) in [6.45, 7) is 0. The number of nitrogens with one attached hydrogen (secondary N) is 2. The molecule has 7 heteroatoms. The maximum absolute atomic E-state index is 13.8. The summed E-state index contributed by atoms with van der Waals surface area (Å²) in [5.74, 6) is -0.482. The molecule has 4 aromatic carbocycles. The SMILES string of the molecule is O=C(NC(=O)c1c(F)cccc1Cl)Nc1ccc(Oc2ccc3ccccc3c2)cc1. The van der Waals surface area contributed by atoms with Crippen LogP contribution in [0.1, 0.15) is 10.4 Å². The number of benzene rings is 4. The van der Waals surface area contributed by atoms with Crippen molar-refractivity contribution in [1.82, 2.24) is 5.32 Å². The van der Waals surface area contributed by atoms with Gasteiger partial charge in [-0.05, 0) is 59.3 Å². The van der Waals surface area contributed by atoms with Gasteiger partial charge in [0.15, 0.2) is 0 Å². The highest BCUT2D eigenvalue weighted by Gasteiger charge is 2.18. The molecule has 5 nitrogen and oxygen atoms in total. The van der Waals surface area contributed by atoms with E-state index < -0.39 is 23.3 Å². The lowest BCUT2D eigenvalue weighted by atomic mass is 10.1. The zero-order valence-electron chi connectivity index (χ0n) is 16.1. The second-order valence-electron chi connectivity index (χ2n) is 6.64. The molecule has 31 heavy (non-hydrogen) atoms. The van der Waals surface area contributed by atoms with Crippen LogP contribution in [-0.2, 0) is 0 Å². The smallest absolute Gasteiger partial charge is 0.326 e. The number of rotatable bonds is 4. The summed E-state index contributed by atoms with van der Waals surface area (Å²) in [4.78, 5) is 24.2. The van der Waals surface area contributed by atoms with Gasteiger partial charge in [-0.15, -0.1) is 0 Å². The predicted octanol–water partition coefficient (Wildman–Crippen LogP) is 6.39. The van der Waals surface area contributed by atoms with E-state index in [0.717, 1.165) is 16.8 Å². The van der Waals surface area contributed by atoms with Crippen LogP contribution in [0, 0.1) is 5.82 Å². The summed E-state index contributed by atoms with van der Waals surface area (Å²) in [5.41, 5.74) is 0.0363. The molecule has 2 N–H and O–H groups in total. The first-order valence-corrected chi connectivity index (χ1v) is 9.70. The lowest BCUT2D eigenvalue weighted by molar-refractivity contribution is 0.0963. The molecule has 4 aromatic rings. The zero-order chi connectivity index (χ0) is 21.8. The number of urea groups is 1. The van der Waals surface area contributed by atoms with Gasteiger partial charge in [-0.3, -0.25) is 10.1 Å². The van der Waals surface area contributed by atoms with Gasteiger partial charge in [-0.2, -0.15) is 0 Å². The Morgan fingerprint density at radius 1 is 0.806 bits per heavy atom. The zero-order valence-corrected chi connectivity index (χ0v) is 16.8. The fourth-order valence-electron chi connectivity index (χ4n) is 3.02. The molecule has 0 radical (unpaired) electrons. The number of ether oxygens (including phenoxy) is 1. The first kappa shape index (κ1) is 20.4. The lowest BCUT2D eigenvalue weighted by Crippen LogP contribution is -2.35. The Balaban J connectivity index is 1.38. The highest BCUT2D eigenvalue weighted by Crippen LogP contribution is 2.26. The molecule has 0 bridgehead atoms. The minimum Gasteiger partial charge on any atom is -0.457 e. The lowest BCUT2D eigenvalue weighted by Gasteiger charge is -2.10. The molecule has 0 aromatic heterocycles. The first-order chi connectivity index (χ1) is 15.0. The summed E-state index contributed by atoms with van der Waals surface area (Å²) >= 11 is 5.84. The second-order valence-corrected chi connectivity index (χ2v) is 7.05. The van der Waals surface area contributed by atoms with Gasteiger partial charge in [0.1, 0.15) is 17.3 Å². The fraction of sp³-hybridized carbons (Fsp3) is 0. The molecule has 0 fully saturated rings. The van der Waals surface area contributed by atoms with Crippen LogP contribution in [0.2, 0.25) is 5.02 Å². The molecule has 154 valence electrons. The van der Waals surface area contributed by atoms with Crippen LogP contribution in [0.3, 0.4) is 0 Å². The highest BCUT2D eigenvalue weighted by atomic mass is 35.5. The molecule has 0 aliphatic carbocycles. The van der Waals surface area contributed by atoms with Crippen molar-refractivity contribution in [2.45, 2.75) is 0 Å². The topological polar surface area (TPSA) is 67.4 Å². The number of hydrogen-bond acceptors (Lipinski definition) is 3. The molecular weight excluding hydrogens is 419 g/mol. The van der Waals surface area contributed by atoms with Crippen LogP contribution in [0.25, 0.3) is 10.8 Å². The van der Waals surface area contributed by atoms with Crippen LogP contribution in [0.15, 0.2) is 84.9 Å². The van der Waals surface area contributed by atoms with Crippen molar-refractivity contribution >= 4 is 40.0 Å². The van der Waals surface area contributed by atoms with Crippen molar-refractivity contribution in [1.29, 1.82) is 0 Å². The van der Waals surface area contributed by atoms with Gasteiger partial charge in [0, 0.05) is 5.69 Å². The average Bonchev–Trinajstić information content (AvgIpc) is 2.75. The molecule has 4 rings (SSSR count). The molecule has 3 amide bonds. The Labute approximate surface area is 182 Å². The van der Waals surface area contributed by atoms with Crippen molar-refractivity contribution in [3.8, 4) is 11.5 Å². The van der Waals surface area contributed by atoms with Crippen LogP contribution in [0.4, 0.5) is 14.9 Å². The molecule has 0 aliphatic rings. The molecule has 0 aliphatic heterocycles. The molecule has 0 spiro atoms. The van der Waals surface area contributed by atoms with Crippen molar-refractivity contribution < 1.29 is 18.7 Å². The summed E-state index contributed by atoms with van der Waals surface area (Å²) < 4.78 is 19.7. The van der Waals surface area contributed by atoms with Crippen molar-refractivity contribution in [3.63, 3.8) is 0 Å². The van der Waals surface area contributed by atoms with E-state index in [0.29, 0.717) is 17.2 Å². The standard InChI is InChI=1S/C24H16ClFN2O3/c25-20-6-3-7-21(26)22(20)23(29)28-24(30)27-17-9-12-18(13-10-17)31-19-11-8-15-4-1-2-5-16(15)14-19/h1-14H,(H2,27,28,29,30). The van der Waals surface area contributed by atoms with Crippen LogP contribution >= 0.6 is 11.6 Å². The third-order valence-corrected chi connectivity index (χ3v) is 4.80. The number of fused-ring (bicyclic) bond motifs is 1. The van der Waals surface area contributed by atoms with E-state index in [1.54, 1.807) is 24.3 Å². The minimum absolute atomic E-state index is 0.0829. The molecular formula is C24H16ClFN2O3. The van der Waals surface area contributed by atoms with E-state index >= 15 is 0 Å². The molecule has 0 saturated carbocycles. The number of anilines is 1. The summed E-state index contributed by atoms with van der Waals surface area (Å²) in [6, 6.07) is 23.4. The van der Waals surface area contributed by atoms with E-state index in [-0.39, 0.29) is 5.02 Å². The van der Waals surface area contributed by atoms with Crippen molar-refractivity contribution in [2.24, 2.45) is 0 Å². The summed E-state index contributed by atoms with van der Waals surface area (Å²) in [7, 11) is 0. The Kier molecular flexibility index (Phi) is 5.82. The Morgan fingerprint density at radius 2 is 1.52 bits per heavy atom. The monoisotopic (exact) mass is 434 g/mol. The van der Waals surface area contributed by atoms with Crippen LogP contribution in [-0.4, -0.2) is 11.9 Å². The van der Waals surface area contributed by atoms with Gasteiger partial charge in [-0.25, -0.2) is 9.18 Å². The Morgan fingerprint density at radius 3 is 2.26 bits per heavy atom. The maximum atomic E-state index is 13.8. The third-order valence-electron chi connectivity index (χ3n) is 4.49. The normalized spacial score (nSPS) is 10.5. The Hall–Kier alpha value is -3.90. The van der Waals surface area contributed by atoms with Crippen LogP contribution in [0.5, 0.6) is 11.5 Å². The van der Waals surface area contributed by atoms with E-state index in [2.05, 4.69) is 10.6 Å². The number of imide groups is 1. The second kappa shape index (κ2) is 8.85. The van der Waals surface area contributed by atoms with Gasteiger partial charge in [0.25, 0.3) is 5.91 Å². The van der Waals surface area contributed by atoms with Gasteiger partial charge in [0.2, 0.25) is 0 Å².